The maximum absolute atomic E-state index is 12.6. The number of aromatic nitrogens is 2. The highest BCUT2D eigenvalue weighted by molar-refractivity contribution is 5.93. The summed E-state index contributed by atoms with van der Waals surface area (Å²) in [5, 5.41) is 0. The van der Waals surface area contributed by atoms with E-state index in [2.05, 4.69) is 16.9 Å². The lowest BCUT2D eigenvalue weighted by Gasteiger charge is -2.52. The number of pyridine rings is 2. The van der Waals surface area contributed by atoms with E-state index < -0.39 is 0 Å². The highest BCUT2D eigenvalue weighted by atomic mass is 16.5. The third-order valence-corrected chi connectivity index (χ3v) is 5.42. The SMILES string of the molecule is Cc1cccc(C(=O)N2CC3(C[C@@H](OCc4cnccc4C)CCO3)C2)n1. The zero-order chi connectivity index (χ0) is 18.9. The summed E-state index contributed by atoms with van der Waals surface area (Å²) in [6, 6.07) is 7.53. The first kappa shape index (κ1) is 18.1. The minimum atomic E-state index is -0.271. The lowest BCUT2D eigenvalue weighted by Crippen LogP contribution is -2.67. The lowest BCUT2D eigenvalue weighted by molar-refractivity contribution is -0.188. The summed E-state index contributed by atoms with van der Waals surface area (Å²) in [5.74, 6) is -0.0260. The zero-order valence-electron chi connectivity index (χ0n) is 15.9. The van der Waals surface area contributed by atoms with Crippen LogP contribution in [0.5, 0.6) is 0 Å². The molecule has 142 valence electrons. The van der Waals surface area contributed by atoms with E-state index in [-0.39, 0.29) is 17.6 Å². The van der Waals surface area contributed by atoms with Gasteiger partial charge in [-0.2, -0.15) is 0 Å². The molecule has 0 radical (unpaired) electrons. The van der Waals surface area contributed by atoms with Crippen LogP contribution in [-0.4, -0.2) is 52.2 Å². The number of rotatable bonds is 4. The number of ether oxygens (including phenoxy) is 2. The van der Waals surface area contributed by atoms with E-state index in [9.17, 15) is 4.79 Å². The van der Waals surface area contributed by atoms with Crippen LogP contribution in [-0.2, 0) is 16.1 Å². The summed E-state index contributed by atoms with van der Waals surface area (Å²) >= 11 is 0. The molecule has 0 unspecified atom stereocenters. The van der Waals surface area contributed by atoms with Gasteiger partial charge in [0.05, 0.1) is 25.8 Å². The normalized spacial score (nSPS) is 21.1. The fourth-order valence-corrected chi connectivity index (χ4v) is 3.82. The Morgan fingerprint density at radius 3 is 2.96 bits per heavy atom. The third kappa shape index (κ3) is 3.87. The van der Waals surface area contributed by atoms with Gasteiger partial charge < -0.3 is 14.4 Å². The van der Waals surface area contributed by atoms with Gasteiger partial charge >= 0.3 is 0 Å². The summed E-state index contributed by atoms with van der Waals surface area (Å²) < 4.78 is 12.2. The number of hydrogen-bond acceptors (Lipinski definition) is 5. The van der Waals surface area contributed by atoms with Crippen LogP contribution in [0.15, 0.2) is 36.7 Å². The minimum absolute atomic E-state index is 0.0260. The van der Waals surface area contributed by atoms with E-state index in [1.165, 1.54) is 5.56 Å². The molecule has 1 spiro atoms. The zero-order valence-corrected chi connectivity index (χ0v) is 15.9. The van der Waals surface area contributed by atoms with Crippen molar-refractivity contribution >= 4 is 5.91 Å². The van der Waals surface area contributed by atoms with Crippen molar-refractivity contribution < 1.29 is 14.3 Å². The molecule has 0 aromatic carbocycles. The van der Waals surface area contributed by atoms with Crippen LogP contribution in [0.4, 0.5) is 0 Å². The highest BCUT2D eigenvalue weighted by Crippen LogP contribution is 2.36. The predicted molar refractivity (Wildman–Crippen MR) is 100 cm³/mol. The lowest BCUT2D eigenvalue weighted by atomic mass is 9.84. The summed E-state index contributed by atoms with van der Waals surface area (Å²) in [6.45, 7) is 6.41. The molecule has 1 amide bonds. The van der Waals surface area contributed by atoms with Gasteiger partial charge in [0.2, 0.25) is 0 Å². The van der Waals surface area contributed by atoms with Gasteiger partial charge in [-0.1, -0.05) is 6.07 Å². The van der Waals surface area contributed by atoms with Crippen molar-refractivity contribution in [2.75, 3.05) is 19.7 Å². The number of likely N-dealkylation sites (tertiary alicyclic amines) is 1. The van der Waals surface area contributed by atoms with Crippen molar-refractivity contribution in [2.24, 2.45) is 0 Å². The number of hydrogen-bond donors (Lipinski definition) is 0. The van der Waals surface area contributed by atoms with Gasteiger partial charge in [-0.25, -0.2) is 4.98 Å². The number of aryl methyl sites for hydroxylation is 2. The molecule has 4 heterocycles. The first-order valence-corrected chi connectivity index (χ1v) is 9.43. The number of nitrogens with zero attached hydrogens (tertiary/aromatic N) is 3. The molecule has 2 aromatic heterocycles. The molecule has 2 aliphatic heterocycles. The van der Waals surface area contributed by atoms with E-state index in [1.807, 2.05) is 36.2 Å². The summed E-state index contributed by atoms with van der Waals surface area (Å²) in [5.41, 5.74) is 3.39. The Balaban J connectivity index is 1.33. The molecule has 6 nitrogen and oxygen atoms in total. The van der Waals surface area contributed by atoms with Crippen LogP contribution < -0.4 is 0 Å². The smallest absolute Gasteiger partial charge is 0.272 e. The van der Waals surface area contributed by atoms with Gasteiger partial charge in [0.1, 0.15) is 11.3 Å². The average molecular weight is 367 g/mol. The molecule has 0 aliphatic carbocycles. The summed E-state index contributed by atoms with van der Waals surface area (Å²) in [7, 11) is 0. The molecule has 27 heavy (non-hydrogen) atoms. The third-order valence-electron chi connectivity index (χ3n) is 5.42. The molecule has 0 N–H and O–H groups in total. The van der Waals surface area contributed by atoms with Crippen molar-refractivity contribution in [3.63, 3.8) is 0 Å². The van der Waals surface area contributed by atoms with Crippen molar-refractivity contribution in [3.05, 3.63) is 59.2 Å². The highest BCUT2D eigenvalue weighted by Gasteiger charge is 2.49. The van der Waals surface area contributed by atoms with E-state index in [0.29, 0.717) is 32.0 Å². The van der Waals surface area contributed by atoms with E-state index in [1.54, 1.807) is 12.3 Å². The van der Waals surface area contributed by atoms with Gasteiger partial charge in [-0.15, -0.1) is 0 Å². The molecular weight excluding hydrogens is 342 g/mol. The Hall–Kier alpha value is -2.31. The Labute approximate surface area is 159 Å². The van der Waals surface area contributed by atoms with Crippen LogP contribution in [0.3, 0.4) is 0 Å². The molecule has 0 saturated carbocycles. The maximum Gasteiger partial charge on any atom is 0.272 e. The maximum atomic E-state index is 12.6. The van der Waals surface area contributed by atoms with Crippen LogP contribution >= 0.6 is 0 Å². The second-order valence-corrected chi connectivity index (χ2v) is 7.58. The molecule has 1 atom stereocenters. The van der Waals surface area contributed by atoms with Crippen molar-refractivity contribution in [1.82, 2.24) is 14.9 Å². The second-order valence-electron chi connectivity index (χ2n) is 7.58. The fourth-order valence-electron chi connectivity index (χ4n) is 3.82. The fraction of sp³-hybridized carbons (Fsp3) is 0.476. The largest absolute Gasteiger partial charge is 0.373 e. The molecular formula is C21H25N3O3. The van der Waals surface area contributed by atoms with Crippen LogP contribution in [0.25, 0.3) is 0 Å². The van der Waals surface area contributed by atoms with Crippen molar-refractivity contribution in [2.45, 2.75) is 45.0 Å². The minimum Gasteiger partial charge on any atom is -0.373 e. The molecule has 6 heteroatoms. The van der Waals surface area contributed by atoms with Gasteiger partial charge in [0.25, 0.3) is 5.91 Å². The molecule has 2 aromatic rings. The summed E-state index contributed by atoms with van der Waals surface area (Å²) in [4.78, 5) is 22.9. The van der Waals surface area contributed by atoms with Gasteiger partial charge in [0.15, 0.2) is 0 Å². The Bertz CT molecular complexity index is 833. The number of carbonyl (C=O) groups is 1. The first-order valence-electron chi connectivity index (χ1n) is 9.43. The molecule has 0 bridgehead atoms. The van der Waals surface area contributed by atoms with Crippen molar-refractivity contribution in [1.29, 1.82) is 0 Å². The average Bonchev–Trinajstić information content (AvgIpc) is 2.65. The van der Waals surface area contributed by atoms with E-state index >= 15 is 0 Å². The van der Waals surface area contributed by atoms with Crippen LogP contribution in [0.2, 0.25) is 0 Å². The van der Waals surface area contributed by atoms with Crippen molar-refractivity contribution in [3.8, 4) is 0 Å². The van der Waals surface area contributed by atoms with Crippen LogP contribution in [0.1, 0.15) is 40.2 Å². The molecule has 2 saturated heterocycles. The van der Waals surface area contributed by atoms with Gasteiger partial charge in [0, 0.05) is 31.1 Å². The quantitative estimate of drug-likeness (QED) is 0.831. The van der Waals surface area contributed by atoms with E-state index in [0.717, 1.165) is 24.1 Å². The topological polar surface area (TPSA) is 64.6 Å². The Morgan fingerprint density at radius 2 is 2.19 bits per heavy atom. The van der Waals surface area contributed by atoms with Gasteiger partial charge in [-0.05, 0) is 49.6 Å². The number of amides is 1. The Kier molecular flexibility index (Phi) is 4.93. The standard InChI is InChI=1S/C21H25N3O3/c1-15-6-8-22-11-17(15)12-26-18-7-9-27-21(10-18)13-24(14-21)20(25)19-5-3-4-16(2)23-19/h3-6,8,11,18H,7,9-10,12-14H2,1-2H3/t18-/m0/s1. The summed E-state index contributed by atoms with van der Waals surface area (Å²) in [6.07, 6.45) is 5.51. The molecule has 2 fully saturated rings. The van der Waals surface area contributed by atoms with Gasteiger partial charge in [-0.3, -0.25) is 9.78 Å². The first-order chi connectivity index (χ1) is 13.0. The van der Waals surface area contributed by atoms with E-state index in [4.69, 9.17) is 9.47 Å². The number of carbonyl (C=O) groups excluding carboxylic acids is 1. The monoisotopic (exact) mass is 367 g/mol. The second kappa shape index (κ2) is 7.37. The molecule has 2 aliphatic rings. The Morgan fingerprint density at radius 1 is 1.33 bits per heavy atom. The predicted octanol–water partition coefficient (Wildman–Crippen LogP) is 2.68. The molecule has 4 rings (SSSR count). The van der Waals surface area contributed by atoms with Crippen LogP contribution in [0, 0.1) is 13.8 Å².